The summed E-state index contributed by atoms with van der Waals surface area (Å²) >= 11 is 0. The first-order chi connectivity index (χ1) is 32.6. The lowest BCUT2D eigenvalue weighted by molar-refractivity contribution is 1.39. The number of aryl methyl sites for hydroxylation is 2. The number of benzene rings is 13. The van der Waals surface area contributed by atoms with E-state index in [4.69, 9.17) is 0 Å². The summed E-state index contributed by atoms with van der Waals surface area (Å²) in [5.41, 5.74) is 15.8. The largest absolute Gasteiger partial charge is 0.0622 e. The van der Waals surface area contributed by atoms with E-state index in [0.717, 1.165) is 0 Å². The maximum Gasteiger partial charge on any atom is -0.000740 e. The highest BCUT2D eigenvalue weighted by Gasteiger charge is 2.29. The van der Waals surface area contributed by atoms with Crippen molar-refractivity contribution >= 4 is 108 Å². The van der Waals surface area contributed by atoms with E-state index >= 15 is 0 Å². The lowest BCUT2D eigenvalue weighted by atomic mass is 9.85. The number of rotatable bonds is 3. The molecule has 0 aliphatic heterocycles. The predicted octanol–water partition coefficient (Wildman–Crippen LogP) is 18.8. The Kier molecular flexibility index (Phi) is 6.52. The third-order valence-electron chi connectivity index (χ3n) is 15.9. The fourth-order valence-electron chi connectivity index (χ4n) is 13.3. The summed E-state index contributed by atoms with van der Waals surface area (Å²) in [5, 5.41) is 26.7. The summed E-state index contributed by atoms with van der Waals surface area (Å²) in [5.74, 6) is 0. The van der Waals surface area contributed by atoms with Crippen LogP contribution in [-0.4, -0.2) is 0 Å². The maximum atomic E-state index is 2.56. The molecule has 302 valence electrons. The summed E-state index contributed by atoms with van der Waals surface area (Å²) in [7, 11) is 0. The molecule has 0 bridgehead atoms. The topological polar surface area (TPSA) is 0 Å². The van der Waals surface area contributed by atoms with Gasteiger partial charge in [0.1, 0.15) is 0 Å². The lowest BCUT2D eigenvalue weighted by Gasteiger charge is -2.17. The van der Waals surface area contributed by atoms with Gasteiger partial charge >= 0.3 is 0 Å². The number of hydrogen-bond donors (Lipinski definition) is 0. The number of hydrogen-bond acceptors (Lipinski definition) is 0. The molecule has 66 heavy (non-hydrogen) atoms. The van der Waals surface area contributed by atoms with Crippen molar-refractivity contribution in [3.63, 3.8) is 0 Å². The molecule has 1 aliphatic rings. The Hall–Kier alpha value is -8.32. The third kappa shape index (κ3) is 4.18. The van der Waals surface area contributed by atoms with Crippen molar-refractivity contribution in [3.05, 3.63) is 205 Å². The molecule has 0 heteroatoms. The van der Waals surface area contributed by atoms with Gasteiger partial charge in [-0.15, -0.1) is 0 Å². The van der Waals surface area contributed by atoms with Crippen LogP contribution in [0.15, 0.2) is 194 Å². The molecule has 0 nitrogen and oxygen atoms in total. The first kappa shape index (κ1) is 35.1. The zero-order valence-electron chi connectivity index (χ0n) is 36.5. The van der Waals surface area contributed by atoms with Gasteiger partial charge in [-0.3, -0.25) is 0 Å². The van der Waals surface area contributed by atoms with Crippen LogP contribution in [0.3, 0.4) is 0 Å². The van der Waals surface area contributed by atoms with Gasteiger partial charge in [-0.1, -0.05) is 182 Å². The van der Waals surface area contributed by atoms with Crippen LogP contribution < -0.4 is 0 Å². The van der Waals surface area contributed by atoms with E-state index in [1.54, 1.807) is 0 Å². The molecule has 0 N–H and O–H groups in total. The molecule has 0 amide bonds. The van der Waals surface area contributed by atoms with Crippen LogP contribution in [0.4, 0.5) is 0 Å². The molecule has 0 radical (unpaired) electrons. The van der Waals surface area contributed by atoms with Crippen LogP contribution in [0.1, 0.15) is 11.1 Å². The molecule has 0 saturated heterocycles. The fourth-order valence-corrected chi connectivity index (χ4v) is 13.3. The molecule has 0 unspecified atom stereocenters. The Morgan fingerprint density at radius 1 is 0.197 bits per heavy atom. The van der Waals surface area contributed by atoms with Crippen LogP contribution in [0.2, 0.25) is 0 Å². The molecule has 1 aliphatic carbocycles. The monoisotopic (exact) mass is 830 g/mol. The Balaban J connectivity index is 1.10. The van der Waals surface area contributed by atoms with Gasteiger partial charge in [-0.05, 0) is 200 Å². The van der Waals surface area contributed by atoms with Crippen molar-refractivity contribution in [2.24, 2.45) is 0 Å². The van der Waals surface area contributed by atoms with Crippen molar-refractivity contribution in [3.8, 4) is 55.6 Å². The van der Waals surface area contributed by atoms with Gasteiger partial charge in [-0.25, -0.2) is 0 Å². The van der Waals surface area contributed by atoms with E-state index in [2.05, 4.69) is 208 Å². The van der Waals surface area contributed by atoms with Crippen LogP contribution >= 0.6 is 0 Å². The second kappa shape index (κ2) is 12.3. The van der Waals surface area contributed by atoms with Crippen LogP contribution in [-0.2, 0) is 0 Å². The van der Waals surface area contributed by atoms with Crippen LogP contribution in [0.5, 0.6) is 0 Å². The average molecular weight is 831 g/mol. The Labute approximate surface area is 380 Å². The van der Waals surface area contributed by atoms with E-state index in [-0.39, 0.29) is 0 Å². The number of fused-ring (bicyclic) bond motifs is 12. The molecular formula is C66H38. The molecular weight excluding hydrogens is 793 g/mol. The van der Waals surface area contributed by atoms with Gasteiger partial charge in [0.25, 0.3) is 0 Å². The van der Waals surface area contributed by atoms with Gasteiger partial charge < -0.3 is 0 Å². The fraction of sp³-hybridized carbons (Fsp3) is 0.0303. The SMILES string of the molecule is Cc1cccc(C)c1-c1ccc2c3cc4c(-c5ccccc5)c5c6ccc7c8ccc9c%10c(ccc(c%11ccc(c5c(-c5ccccc5)c4cc3c3cccc1c32)c6c%117)c%108)-c1ccccc1-9. The normalized spacial score (nSPS) is 12.7. The van der Waals surface area contributed by atoms with Crippen molar-refractivity contribution in [1.82, 2.24) is 0 Å². The van der Waals surface area contributed by atoms with Crippen molar-refractivity contribution in [1.29, 1.82) is 0 Å². The van der Waals surface area contributed by atoms with Crippen molar-refractivity contribution < 1.29 is 0 Å². The third-order valence-corrected chi connectivity index (χ3v) is 15.9. The molecule has 16 rings (SSSR count). The molecule has 0 atom stereocenters. The van der Waals surface area contributed by atoms with Crippen molar-refractivity contribution in [2.45, 2.75) is 13.8 Å². The smallest absolute Gasteiger partial charge is 0.000740 e. The van der Waals surface area contributed by atoms with Gasteiger partial charge in [-0.2, -0.15) is 0 Å². The van der Waals surface area contributed by atoms with E-state index in [9.17, 15) is 0 Å². The molecule has 0 heterocycles. The summed E-state index contributed by atoms with van der Waals surface area (Å²) in [6.45, 7) is 4.49. The maximum absolute atomic E-state index is 2.56. The van der Waals surface area contributed by atoms with Crippen molar-refractivity contribution in [2.75, 3.05) is 0 Å². The second-order valence-electron chi connectivity index (χ2n) is 19.0. The van der Waals surface area contributed by atoms with Crippen LogP contribution in [0, 0.1) is 13.8 Å². The predicted molar refractivity (Wildman–Crippen MR) is 285 cm³/mol. The van der Waals surface area contributed by atoms with Gasteiger partial charge in [0.2, 0.25) is 0 Å². The molecule has 0 spiro atoms. The summed E-state index contributed by atoms with van der Waals surface area (Å²) in [6.07, 6.45) is 0. The Morgan fingerprint density at radius 3 is 1.14 bits per heavy atom. The highest BCUT2D eigenvalue weighted by molar-refractivity contribution is 6.47. The zero-order chi connectivity index (χ0) is 43.1. The Morgan fingerprint density at radius 2 is 0.591 bits per heavy atom. The van der Waals surface area contributed by atoms with E-state index in [0.29, 0.717) is 0 Å². The van der Waals surface area contributed by atoms with E-state index in [1.807, 2.05) is 0 Å². The van der Waals surface area contributed by atoms with Gasteiger partial charge in [0, 0.05) is 0 Å². The minimum Gasteiger partial charge on any atom is -0.0622 e. The van der Waals surface area contributed by atoms with Gasteiger partial charge in [0.05, 0.1) is 0 Å². The first-order valence-electron chi connectivity index (χ1n) is 23.3. The Bertz CT molecular complexity index is 4370. The average Bonchev–Trinajstić information content (AvgIpc) is 3.99. The first-order valence-corrected chi connectivity index (χ1v) is 23.3. The quantitative estimate of drug-likeness (QED) is 0.123. The minimum absolute atomic E-state index is 1.25. The lowest BCUT2D eigenvalue weighted by Crippen LogP contribution is -1.89. The second-order valence-corrected chi connectivity index (χ2v) is 19.0. The highest BCUT2D eigenvalue weighted by atomic mass is 14.3. The summed E-state index contributed by atoms with van der Waals surface area (Å²) < 4.78 is 0. The van der Waals surface area contributed by atoms with E-state index in [1.165, 1.54) is 174 Å². The summed E-state index contributed by atoms with van der Waals surface area (Å²) in [4.78, 5) is 0. The molecule has 0 saturated carbocycles. The molecule has 15 aromatic rings. The molecule has 15 aromatic carbocycles. The minimum atomic E-state index is 1.25. The van der Waals surface area contributed by atoms with Gasteiger partial charge in [0.15, 0.2) is 0 Å². The van der Waals surface area contributed by atoms with E-state index < -0.39 is 0 Å². The molecule has 0 fully saturated rings. The zero-order valence-corrected chi connectivity index (χ0v) is 36.5. The highest BCUT2D eigenvalue weighted by Crippen LogP contribution is 2.57. The standard InChI is InChI=1S/C66H38/c1-35-13-11-14-36(2)57(35)45-25-28-50-54-34-56-55(33-53(54)42-22-12-21-41(45)60(42)50)58(37-15-5-3-6-16-37)65-51-31-29-48-46-26-23-43-39-19-9-10-20-40(39)44-24-27-47(62(46)61(43)44)49-30-32-52(64(51)63(48)49)66(65)59(56)38-17-7-4-8-18-38/h3-34H,1-2H3. The summed E-state index contributed by atoms with van der Waals surface area (Å²) in [6, 6.07) is 74.3. The molecule has 0 aromatic heterocycles. The van der Waals surface area contributed by atoms with Crippen LogP contribution in [0.25, 0.3) is 163 Å².